The summed E-state index contributed by atoms with van der Waals surface area (Å²) in [7, 11) is 0. The lowest BCUT2D eigenvalue weighted by Crippen LogP contribution is -1.84. The van der Waals surface area contributed by atoms with Crippen molar-refractivity contribution in [2.45, 2.75) is 3.74 Å². The number of aromatic nitrogens is 1. The van der Waals surface area contributed by atoms with Gasteiger partial charge in [-0.25, -0.2) is 0 Å². The van der Waals surface area contributed by atoms with Crippen molar-refractivity contribution < 1.29 is 0 Å². The van der Waals surface area contributed by atoms with Crippen molar-refractivity contribution in [3.05, 3.63) is 28.5 Å². The predicted molar refractivity (Wildman–Crippen MR) is 52.5 cm³/mol. The fourth-order valence-corrected chi connectivity index (χ4v) is 1.29. The average Bonchev–Trinajstić information content (AvgIpc) is 1.88. The predicted octanol–water partition coefficient (Wildman–Crippen LogP) is 3.63. The summed E-state index contributed by atoms with van der Waals surface area (Å²) in [5.74, 6) is 0. The van der Waals surface area contributed by atoms with Crippen LogP contribution in [0.2, 0.25) is 0 Å². The second-order valence-corrected chi connectivity index (χ2v) is 5.68. The van der Waals surface area contributed by atoms with Gasteiger partial charge in [0.2, 0.25) is 0 Å². The normalized spacial score (nSPS) is 10.4. The average molecular weight is 330 g/mol. The van der Waals surface area contributed by atoms with Crippen LogP contribution >= 0.6 is 47.8 Å². The molecule has 0 aliphatic carbocycles. The summed E-state index contributed by atoms with van der Waals surface area (Å²) < 4.78 is 1.14. The molecule has 10 heavy (non-hydrogen) atoms. The second kappa shape index (κ2) is 3.83. The molecule has 0 aliphatic heterocycles. The minimum absolute atomic E-state index is 0.146. The summed E-state index contributed by atoms with van der Waals surface area (Å²) in [4.78, 5) is 4.14. The quantitative estimate of drug-likeness (QED) is 0.717. The molecular weight excluding hydrogens is 326 g/mol. The SMILES string of the molecule is Brc1ccc(C(Br)Br)nc1. The van der Waals surface area contributed by atoms with Crippen LogP contribution in [0.5, 0.6) is 0 Å². The summed E-state index contributed by atoms with van der Waals surface area (Å²) in [6, 6.07) is 3.90. The van der Waals surface area contributed by atoms with E-state index in [1.54, 1.807) is 6.20 Å². The monoisotopic (exact) mass is 327 g/mol. The van der Waals surface area contributed by atoms with Crippen molar-refractivity contribution in [2.24, 2.45) is 0 Å². The number of halogens is 3. The van der Waals surface area contributed by atoms with Gasteiger partial charge >= 0.3 is 0 Å². The molecule has 1 rings (SSSR count). The van der Waals surface area contributed by atoms with E-state index in [2.05, 4.69) is 52.8 Å². The molecule has 0 N–H and O–H groups in total. The Balaban J connectivity index is 2.89. The Labute approximate surface area is 84.6 Å². The van der Waals surface area contributed by atoms with Crippen molar-refractivity contribution in [3.63, 3.8) is 0 Å². The molecule has 54 valence electrons. The van der Waals surface area contributed by atoms with Gasteiger partial charge in [-0.3, -0.25) is 4.98 Å². The fraction of sp³-hybridized carbons (Fsp3) is 0.167. The molecule has 0 spiro atoms. The minimum Gasteiger partial charge on any atom is -0.258 e. The third-order valence-electron chi connectivity index (χ3n) is 0.974. The van der Waals surface area contributed by atoms with Crippen LogP contribution in [0.1, 0.15) is 9.43 Å². The van der Waals surface area contributed by atoms with Gasteiger partial charge < -0.3 is 0 Å². The first-order chi connectivity index (χ1) is 4.70. The highest BCUT2D eigenvalue weighted by atomic mass is 79.9. The van der Waals surface area contributed by atoms with Gasteiger partial charge in [0, 0.05) is 10.7 Å². The maximum Gasteiger partial charge on any atom is 0.112 e. The van der Waals surface area contributed by atoms with Gasteiger partial charge in [0.25, 0.3) is 0 Å². The molecule has 0 saturated heterocycles. The maximum absolute atomic E-state index is 4.14. The van der Waals surface area contributed by atoms with Gasteiger partial charge in [-0.05, 0) is 28.1 Å². The molecule has 0 fully saturated rings. The van der Waals surface area contributed by atoms with Crippen molar-refractivity contribution in [2.75, 3.05) is 0 Å². The van der Waals surface area contributed by atoms with Crippen LogP contribution in [-0.4, -0.2) is 4.98 Å². The number of alkyl halides is 2. The third kappa shape index (κ3) is 2.32. The summed E-state index contributed by atoms with van der Waals surface area (Å²) in [6.07, 6.45) is 1.77. The maximum atomic E-state index is 4.14. The molecule has 0 atom stereocenters. The first kappa shape index (κ1) is 8.68. The van der Waals surface area contributed by atoms with Crippen LogP contribution in [0.3, 0.4) is 0 Å². The first-order valence-electron chi connectivity index (χ1n) is 2.60. The van der Waals surface area contributed by atoms with Crippen LogP contribution < -0.4 is 0 Å². The van der Waals surface area contributed by atoms with Gasteiger partial charge in [0.15, 0.2) is 0 Å². The largest absolute Gasteiger partial charge is 0.258 e. The Bertz CT molecular complexity index is 207. The summed E-state index contributed by atoms with van der Waals surface area (Å²) in [5, 5.41) is 0. The standard InChI is InChI=1S/C6H4Br3N/c7-4-1-2-5(6(8)9)10-3-4/h1-3,6H. The molecule has 0 unspecified atom stereocenters. The molecule has 1 aromatic rings. The minimum atomic E-state index is 0.146. The number of hydrogen-bond donors (Lipinski definition) is 0. The molecular formula is C6H4Br3N. The first-order valence-corrected chi connectivity index (χ1v) is 5.22. The molecule has 1 heterocycles. The highest BCUT2D eigenvalue weighted by Crippen LogP contribution is 2.27. The lowest BCUT2D eigenvalue weighted by atomic mass is 10.4. The lowest BCUT2D eigenvalue weighted by molar-refractivity contribution is 1.17. The van der Waals surface area contributed by atoms with Crippen molar-refractivity contribution >= 4 is 47.8 Å². The van der Waals surface area contributed by atoms with E-state index in [4.69, 9.17) is 0 Å². The van der Waals surface area contributed by atoms with Gasteiger partial charge in [-0.1, -0.05) is 31.9 Å². The summed E-state index contributed by atoms with van der Waals surface area (Å²) >= 11 is 9.99. The molecule has 4 heteroatoms. The molecule has 0 radical (unpaired) electrons. The second-order valence-electron chi connectivity index (χ2n) is 1.70. The Kier molecular flexibility index (Phi) is 3.33. The molecule has 0 saturated carbocycles. The van der Waals surface area contributed by atoms with Gasteiger partial charge in [-0.2, -0.15) is 0 Å². The van der Waals surface area contributed by atoms with Gasteiger partial charge in [-0.15, -0.1) is 0 Å². The molecule has 1 aromatic heterocycles. The fourth-order valence-electron chi connectivity index (χ4n) is 0.516. The molecule has 0 bridgehead atoms. The number of nitrogens with zero attached hydrogens (tertiary/aromatic N) is 1. The van der Waals surface area contributed by atoms with E-state index in [1.165, 1.54) is 0 Å². The highest BCUT2D eigenvalue weighted by Gasteiger charge is 2.01. The van der Waals surface area contributed by atoms with E-state index >= 15 is 0 Å². The Morgan fingerprint density at radius 2 is 2.00 bits per heavy atom. The van der Waals surface area contributed by atoms with E-state index in [-0.39, 0.29) is 3.74 Å². The van der Waals surface area contributed by atoms with E-state index in [9.17, 15) is 0 Å². The van der Waals surface area contributed by atoms with E-state index in [0.29, 0.717) is 0 Å². The summed E-state index contributed by atoms with van der Waals surface area (Å²) in [5.41, 5.74) is 0.975. The number of rotatable bonds is 1. The van der Waals surface area contributed by atoms with E-state index in [0.717, 1.165) is 10.2 Å². The van der Waals surface area contributed by atoms with Gasteiger partial charge in [0.1, 0.15) is 3.74 Å². The molecule has 0 aromatic carbocycles. The van der Waals surface area contributed by atoms with Crippen LogP contribution in [0.4, 0.5) is 0 Å². The van der Waals surface area contributed by atoms with Crippen LogP contribution in [0, 0.1) is 0 Å². The Morgan fingerprint density at radius 3 is 2.40 bits per heavy atom. The van der Waals surface area contributed by atoms with Crippen molar-refractivity contribution in [3.8, 4) is 0 Å². The van der Waals surface area contributed by atoms with Crippen LogP contribution in [-0.2, 0) is 0 Å². The van der Waals surface area contributed by atoms with Crippen LogP contribution in [0.25, 0.3) is 0 Å². The Hall–Kier alpha value is 0.590. The van der Waals surface area contributed by atoms with E-state index in [1.807, 2.05) is 12.1 Å². The zero-order chi connectivity index (χ0) is 7.56. The number of pyridine rings is 1. The zero-order valence-corrected chi connectivity index (χ0v) is 9.65. The lowest BCUT2D eigenvalue weighted by Gasteiger charge is -1.98. The topological polar surface area (TPSA) is 12.9 Å². The van der Waals surface area contributed by atoms with E-state index < -0.39 is 0 Å². The summed E-state index contributed by atoms with van der Waals surface area (Å²) in [6.45, 7) is 0. The zero-order valence-electron chi connectivity index (χ0n) is 4.89. The van der Waals surface area contributed by atoms with Crippen LogP contribution in [0.15, 0.2) is 22.8 Å². The molecule has 0 aliphatic rings. The third-order valence-corrected chi connectivity index (χ3v) is 2.38. The smallest absolute Gasteiger partial charge is 0.112 e. The number of hydrogen-bond acceptors (Lipinski definition) is 1. The Morgan fingerprint density at radius 1 is 1.30 bits per heavy atom. The molecule has 1 nitrogen and oxygen atoms in total. The van der Waals surface area contributed by atoms with Crippen molar-refractivity contribution in [1.82, 2.24) is 4.98 Å². The molecule has 0 amide bonds. The highest BCUT2D eigenvalue weighted by molar-refractivity contribution is 9.24. The van der Waals surface area contributed by atoms with Crippen molar-refractivity contribution in [1.29, 1.82) is 0 Å². The van der Waals surface area contributed by atoms with Gasteiger partial charge in [0.05, 0.1) is 5.69 Å².